The molecule has 0 radical (unpaired) electrons. The number of ketones is 1. The molecule has 0 bridgehead atoms. The Balaban J connectivity index is 1.47. The molecule has 0 spiro atoms. The number of hydrogen-bond acceptors (Lipinski definition) is 12. The van der Waals surface area contributed by atoms with E-state index in [-0.39, 0.29) is 50.0 Å². The van der Waals surface area contributed by atoms with Crippen molar-refractivity contribution in [1.29, 1.82) is 0 Å². The number of para-hydroxylation sites is 2. The Hall–Kier alpha value is -5.77. The average molecular weight is 950 g/mol. The number of nitrogens with zero attached hydrogens (tertiary/aromatic N) is 1. The molecule has 67 heavy (non-hydrogen) atoms. The number of amides is 5. The molecule has 5 amide bonds. The lowest BCUT2D eigenvalue weighted by Crippen LogP contribution is -2.59. The normalized spacial score (nSPS) is 16.5. The van der Waals surface area contributed by atoms with Crippen LogP contribution >= 0.6 is 7.82 Å². The van der Waals surface area contributed by atoms with Gasteiger partial charge in [0, 0.05) is 13.0 Å². The van der Waals surface area contributed by atoms with Crippen LogP contribution in [0.4, 0.5) is 4.79 Å². The zero-order valence-corrected chi connectivity index (χ0v) is 41.0. The van der Waals surface area contributed by atoms with Crippen LogP contribution in [0, 0.1) is 11.3 Å². The monoisotopic (exact) mass is 949 g/mol. The molecule has 0 aliphatic carbocycles. The fourth-order valence-electron chi connectivity index (χ4n) is 7.05. The Morgan fingerprint density at radius 1 is 0.776 bits per heavy atom. The second-order valence-corrected chi connectivity index (χ2v) is 20.4. The molecule has 1 aliphatic rings. The summed E-state index contributed by atoms with van der Waals surface area (Å²) in [6.07, 6.45) is -0.0553. The molecule has 1 heterocycles. The quantitative estimate of drug-likeness (QED) is 0.0555. The van der Waals surface area contributed by atoms with E-state index in [4.69, 9.17) is 23.0 Å². The molecule has 4 rings (SSSR count). The smallest absolute Gasteiger partial charge is 0.449 e. The second kappa shape index (κ2) is 24.8. The lowest BCUT2D eigenvalue weighted by molar-refractivity contribution is -0.144. The second-order valence-electron chi connectivity index (χ2n) is 18.9. The number of likely N-dealkylation sites (tertiary alicyclic amines) is 1. The number of carbonyl (C=O) groups excluding carboxylic acids is 6. The molecule has 1 fully saturated rings. The Morgan fingerprint density at radius 2 is 1.34 bits per heavy atom. The van der Waals surface area contributed by atoms with Crippen LogP contribution in [-0.2, 0) is 42.5 Å². The standard InChI is InChI=1S/C49H68N5O12P/c1-10-11-27-38(52-44(57)40-28-37(64-49(7,8)9)30-54(40)46(59)43(48(4,5)6)53-47(60)62-31-33(2)3)42(56)45(58)50-29-41(55)51-39(34-21-15-12-16-22-34)32-63-67(61,65-35-23-17-13-18-24-35)66-36-25-19-14-20-26-36/h12-26,33,37-40,43H,10-11,27-32H2,1-9H3,(H,50,58)(H,51,55)(H,52,57)(H,53,60)/t37-,38?,39-,40+,43-/m1/s1. The predicted molar refractivity (Wildman–Crippen MR) is 252 cm³/mol. The molecule has 1 aliphatic heterocycles. The van der Waals surface area contributed by atoms with Crippen LogP contribution in [0.3, 0.4) is 0 Å². The molecule has 1 saturated heterocycles. The molecule has 1 unspecified atom stereocenters. The van der Waals surface area contributed by atoms with Gasteiger partial charge in [0.15, 0.2) is 0 Å². The predicted octanol–water partition coefficient (Wildman–Crippen LogP) is 7.07. The van der Waals surface area contributed by atoms with Gasteiger partial charge in [-0.3, -0.25) is 28.5 Å². The topological polar surface area (TPSA) is 217 Å². The first-order valence-corrected chi connectivity index (χ1v) is 24.2. The molecule has 0 aromatic heterocycles. The van der Waals surface area contributed by atoms with Crippen LogP contribution in [0.2, 0.25) is 0 Å². The van der Waals surface area contributed by atoms with Gasteiger partial charge in [0.1, 0.15) is 23.6 Å². The third kappa shape index (κ3) is 17.8. The maximum atomic E-state index is 14.4. The number of unbranched alkanes of at least 4 members (excludes halogenated alkanes) is 1. The van der Waals surface area contributed by atoms with Crippen LogP contribution in [0.15, 0.2) is 91.0 Å². The van der Waals surface area contributed by atoms with Crippen molar-refractivity contribution in [2.45, 2.75) is 124 Å². The summed E-state index contributed by atoms with van der Waals surface area (Å²) in [7, 11) is -4.36. The highest BCUT2D eigenvalue weighted by Gasteiger charge is 2.47. The van der Waals surface area contributed by atoms with E-state index in [2.05, 4.69) is 21.3 Å². The van der Waals surface area contributed by atoms with E-state index >= 15 is 0 Å². The summed E-state index contributed by atoms with van der Waals surface area (Å²) in [6.45, 7) is 15.7. The number of nitrogens with one attached hydrogen (secondary N) is 4. The number of hydrogen-bond donors (Lipinski definition) is 4. The fourth-order valence-corrected chi connectivity index (χ4v) is 8.29. The summed E-state index contributed by atoms with van der Waals surface area (Å²) in [5.74, 6) is -3.54. The van der Waals surface area contributed by atoms with Gasteiger partial charge in [0.2, 0.25) is 23.5 Å². The van der Waals surface area contributed by atoms with Gasteiger partial charge < -0.3 is 44.7 Å². The Bertz CT molecular complexity index is 2100. The molecule has 18 heteroatoms. The molecule has 3 aromatic carbocycles. The van der Waals surface area contributed by atoms with Gasteiger partial charge >= 0.3 is 13.9 Å². The van der Waals surface area contributed by atoms with E-state index in [0.717, 1.165) is 0 Å². The van der Waals surface area contributed by atoms with Crippen molar-refractivity contribution < 1.29 is 56.4 Å². The molecule has 366 valence electrons. The minimum atomic E-state index is -4.36. The number of alkyl carbamates (subject to hydrolysis) is 1. The van der Waals surface area contributed by atoms with Gasteiger partial charge in [-0.1, -0.05) is 121 Å². The molecular formula is C49H68N5O12P. The van der Waals surface area contributed by atoms with Crippen molar-refractivity contribution in [1.82, 2.24) is 26.2 Å². The summed E-state index contributed by atoms with van der Waals surface area (Å²) in [5, 5.41) is 10.5. The Kier molecular flexibility index (Phi) is 20.0. The number of ether oxygens (including phenoxy) is 2. The number of phosphoric acid groups is 1. The number of carbonyl (C=O) groups is 6. The highest BCUT2D eigenvalue weighted by atomic mass is 31.2. The summed E-state index contributed by atoms with van der Waals surface area (Å²) in [5.41, 5.74) is -0.858. The lowest BCUT2D eigenvalue weighted by Gasteiger charge is -2.35. The Morgan fingerprint density at radius 3 is 1.87 bits per heavy atom. The molecule has 4 N–H and O–H groups in total. The van der Waals surface area contributed by atoms with Crippen molar-refractivity contribution in [3.05, 3.63) is 96.6 Å². The van der Waals surface area contributed by atoms with E-state index in [1.165, 1.54) is 4.90 Å². The summed E-state index contributed by atoms with van der Waals surface area (Å²) in [6, 6.07) is 20.9. The van der Waals surface area contributed by atoms with Gasteiger partial charge in [0.05, 0.1) is 43.5 Å². The maximum absolute atomic E-state index is 14.4. The molecule has 5 atom stereocenters. The van der Waals surface area contributed by atoms with Crippen molar-refractivity contribution in [2.75, 3.05) is 26.3 Å². The maximum Gasteiger partial charge on any atom is 0.587 e. The Labute approximate surface area is 394 Å². The number of rotatable bonds is 23. The van der Waals surface area contributed by atoms with Gasteiger partial charge in [0.25, 0.3) is 5.91 Å². The number of phosphoric ester groups is 1. The summed E-state index contributed by atoms with van der Waals surface area (Å²) >= 11 is 0. The first-order chi connectivity index (χ1) is 31.6. The third-order valence-corrected chi connectivity index (χ3v) is 11.6. The van der Waals surface area contributed by atoms with Crippen LogP contribution in [0.1, 0.15) is 99.6 Å². The minimum Gasteiger partial charge on any atom is -0.449 e. The van der Waals surface area contributed by atoms with Crippen LogP contribution in [0.5, 0.6) is 11.5 Å². The summed E-state index contributed by atoms with van der Waals surface area (Å²) < 4.78 is 42.9. The van der Waals surface area contributed by atoms with Gasteiger partial charge in [-0.25, -0.2) is 9.36 Å². The fraction of sp³-hybridized carbons (Fsp3) is 0.510. The summed E-state index contributed by atoms with van der Waals surface area (Å²) in [4.78, 5) is 83.5. The van der Waals surface area contributed by atoms with Crippen LogP contribution in [-0.4, -0.2) is 96.5 Å². The SMILES string of the molecule is CCCCC(NC(=O)[C@@H]1C[C@@H](OC(C)(C)C)CN1C(=O)[C@@H](NC(=O)OCC(C)C)C(C)(C)C)C(=O)C(=O)NCC(=O)N[C@H](COP(=O)(Oc1ccccc1)Oc1ccccc1)c1ccccc1. The van der Waals surface area contributed by atoms with Gasteiger partial charge in [-0.2, -0.15) is 0 Å². The first kappa shape index (κ1) is 53.8. The highest BCUT2D eigenvalue weighted by molar-refractivity contribution is 7.49. The third-order valence-electron chi connectivity index (χ3n) is 10.3. The minimum absolute atomic E-state index is 0.0271. The van der Waals surface area contributed by atoms with E-state index in [9.17, 15) is 33.3 Å². The highest BCUT2D eigenvalue weighted by Crippen LogP contribution is 2.50. The van der Waals surface area contributed by atoms with E-state index < -0.39 is 91.2 Å². The molecule has 3 aromatic rings. The zero-order chi connectivity index (χ0) is 49.4. The van der Waals surface area contributed by atoms with Crippen LogP contribution < -0.4 is 30.3 Å². The van der Waals surface area contributed by atoms with E-state index in [1.807, 2.05) is 41.5 Å². The molecule has 0 saturated carbocycles. The number of Topliss-reactive ketones (excluding diaryl/α,β-unsaturated/α-hetero) is 1. The zero-order valence-electron chi connectivity index (χ0n) is 40.1. The number of benzene rings is 3. The average Bonchev–Trinajstić information content (AvgIpc) is 3.69. The van der Waals surface area contributed by atoms with Gasteiger partial charge in [-0.15, -0.1) is 0 Å². The van der Waals surface area contributed by atoms with Gasteiger partial charge in [-0.05, 0) is 68.4 Å². The first-order valence-electron chi connectivity index (χ1n) is 22.7. The van der Waals surface area contributed by atoms with Crippen molar-refractivity contribution in [3.63, 3.8) is 0 Å². The molecule has 17 nitrogen and oxygen atoms in total. The van der Waals surface area contributed by atoms with Crippen molar-refractivity contribution in [2.24, 2.45) is 11.3 Å². The van der Waals surface area contributed by atoms with Crippen molar-refractivity contribution in [3.8, 4) is 11.5 Å². The van der Waals surface area contributed by atoms with Crippen LogP contribution in [0.25, 0.3) is 0 Å². The van der Waals surface area contributed by atoms with Crippen molar-refractivity contribution >= 4 is 43.3 Å². The van der Waals surface area contributed by atoms with E-state index in [0.29, 0.717) is 18.4 Å². The largest absolute Gasteiger partial charge is 0.587 e. The van der Waals surface area contributed by atoms with E-state index in [1.54, 1.807) is 112 Å². The lowest BCUT2D eigenvalue weighted by atomic mass is 9.85. The molecular weight excluding hydrogens is 882 g/mol.